The summed E-state index contributed by atoms with van der Waals surface area (Å²) in [6.45, 7) is 13.5. The number of hydrogen-bond acceptors (Lipinski definition) is 5. The Kier molecular flexibility index (Phi) is 6.96. The first-order valence-corrected chi connectivity index (χ1v) is 20.9. The molecule has 3 aliphatic rings. The third kappa shape index (κ3) is 4.59. The van der Waals surface area contributed by atoms with Crippen LogP contribution in [0, 0.1) is 11.8 Å². The van der Waals surface area contributed by atoms with E-state index in [9.17, 15) is 14.4 Å². The maximum atomic E-state index is 14.5. The summed E-state index contributed by atoms with van der Waals surface area (Å²) in [5.41, 5.74) is 2.56. The second-order valence-corrected chi connectivity index (χ2v) is 23.1. The van der Waals surface area contributed by atoms with Crippen LogP contribution in [0.5, 0.6) is 5.75 Å². The molecule has 0 heterocycles. The van der Waals surface area contributed by atoms with E-state index in [0.717, 1.165) is 29.7 Å². The van der Waals surface area contributed by atoms with Gasteiger partial charge in [-0.05, 0) is 43.4 Å². The predicted molar refractivity (Wildman–Crippen MR) is 159 cm³/mol. The highest BCUT2D eigenvalue weighted by Crippen LogP contribution is 2.55. The van der Waals surface area contributed by atoms with Crippen molar-refractivity contribution in [2.75, 3.05) is 7.11 Å². The number of benzene rings is 2. The van der Waals surface area contributed by atoms with Crippen molar-refractivity contribution < 1.29 is 23.9 Å². The van der Waals surface area contributed by atoms with Gasteiger partial charge in [-0.15, -0.1) is 0 Å². The summed E-state index contributed by atoms with van der Waals surface area (Å²) >= 11 is 0. The van der Waals surface area contributed by atoms with Gasteiger partial charge in [-0.2, -0.15) is 0 Å². The van der Waals surface area contributed by atoms with Gasteiger partial charge in [0, 0.05) is 22.6 Å². The molecule has 204 valence electrons. The highest BCUT2D eigenvalue weighted by atomic mass is 28.3. The lowest BCUT2D eigenvalue weighted by atomic mass is 9.67. The summed E-state index contributed by atoms with van der Waals surface area (Å²) in [6.07, 6.45) is 2.25. The van der Waals surface area contributed by atoms with E-state index in [1.807, 2.05) is 18.2 Å². The first-order valence-electron chi connectivity index (χ1n) is 13.9. The van der Waals surface area contributed by atoms with Crippen LogP contribution in [0.25, 0.3) is 0 Å². The van der Waals surface area contributed by atoms with E-state index in [0.29, 0.717) is 33.6 Å². The number of ether oxygens (including phenoxy) is 2. The third-order valence-electron chi connectivity index (χ3n) is 8.39. The average Bonchev–Trinajstić information content (AvgIpc) is 2.89. The van der Waals surface area contributed by atoms with Crippen LogP contribution in [-0.2, 0) is 4.74 Å². The van der Waals surface area contributed by atoms with Crippen molar-refractivity contribution in [3.05, 3.63) is 86.8 Å². The fourth-order valence-corrected chi connectivity index (χ4v) is 11.9. The van der Waals surface area contributed by atoms with Crippen molar-refractivity contribution in [2.45, 2.75) is 64.6 Å². The minimum absolute atomic E-state index is 0.0764. The van der Waals surface area contributed by atoms with E-state index in [1.165, 1.54) is 0 Å². The number of fused-ring (bicyclic) bond motifs is 3. The number of ketones is 2. The maximum absolute atomic E-state index is 14.5. The van der Waals surface area contributed by atoms with Gasteiger partial charge in [0.05, 0.1) is 34.4 Å². The van der Waals surface area contributed by atoms with Gasteiger partial charge in [0.25, 0.3) is 0 Å². The Morgan fingerprint density at radius 1 is 0.795 bits per heavy atom. The Morgan fingerprint density at radius 2 is 1.44 bits per heavy atom. The number of Topliss-reactive ketones (excluding diaryl/α,β-unsaturated/α-hetero) is 2. The SMILES string of the molecule is COc1cccc2c1C(=O)C1=C([Si](C)(C)C)[C@H]3CCC[C@H](OC(=O)c4ccccc4)[C@H]3C([Si](C)(C)C)=C1C2=O. The zero-order valence-corrected chi connectivity index (χ0v) is 26.0. The van der Waals surface area contributed by atoms with E-state index in [1.54, 1.807) is 37.4 Å². The van der Waals surface area contributed by atoms with E-state index in [-0.39, 0.29) is 35.5 Å². The number of esters is 1. The Labute approximate surface area is 233 Å². The summed E-state index contributed by atoms with van der Waals surface area (Å²) in [4.78, 5) is 42.2. The summed E-state index contributed by atoms with van der Waals surface area (Å²) < 4.78 is 11.9. The molecule has 5 nitrogen and oxygen atoms in total. The minimum Gasteiger partial charge on any atom is -0.496 e. The Balaban J connectivity index is 1.78. The number of allylic oxidation sites excluding steroid dienone is 3. The van der Waals surface area contributed by atoms with Gasteiger partial charge in [-0.1, -0.05) is 80.0 Å². The van der Waals surface area contributed by atoms with E-state index in [2.05, 4.69) is 39.3 Å². The van der Waals surface area contributed by atoms with Crippen LogP contribution in [0.15, 0.2) is 70.1 Å². The molecule has 0 aromatic heterocycles. The molecule has 39 heavy (non-hydrogen) atoms. The molecule has 0 radical (unpaired) electrons. The van der Waals surface area contributed by atoms with Crippen LogP contribution in [0.3, 0.4) is 0 Å². The lowest BCUT2D eigenvalue weighted by molar-refractivity contribution is 0.000314. The lowest BCUT2D eigenvalue weighted by Crippen LogP contribution is -2.52. The number of methoxy groups -OCH3 is 1. The molecule has 0 unspecified atom stereocenters. The fraction of sp³-hybridized carbons (Fsp3) is 0.406. The number of carbonyl (C=O) groups is 3. The first-order chi connectivity index (χ1) is 18.4. The molecule has 0 aliphatic heterocycles. The molecule has 1 saturated carbocycles. The molecule has 5 rings (SSSR count). The zero-order valence-electron chi connectivity index (χ0n) is 24.0. The van der Waals surface area contributed by atoms with Crippen LogP contribution in [0.1, 0.15) is 50.3 Å². The van der Waals surface area contributed by atoms with E-state index in [4.69, 9.17) is 9.47 Å². The molecular weight excluding hydrogens is 521 g/mol. The summed E-state index contributed by atoms with van der Waals surface area (Å²) in [5.74, 6) is -0.0835. The average molecular weight is 559 g/mol. The molecule has 2 aromatic rings. The molecule has 0 N–H and O–H groups in total. The van der Waals surface area contributed by atoms with Gasteiger partial charge in [-0.25, -0.2) is 4.79 Å². The van der Waals surface area contributed by atoms with Crippen molar-refractivity contribution in [2.24, 2.45) is 11.8 Å². The standard InChI is InChI=1S/C32H38O5Si2/c1-36-22-17-11-15-20-24(22)29(34)27-26(28(20)33)31(39(5,6)7)25-21(30(27)38(2,3)4)16-12-18-23(25)37-32(35)19-13-9-8-10-14-19/h8-11,13-15,17,21,23,25H,12,16,18H2,1-7H3/t21-,23-,25-/m0/s1. The van der Waals surface area contributed by atoms with E-state index >= 15 is 0 Å². The van der Waals surface area contributed by atoms with Crippen molar-refractivity contribution in [3.8, 4) is 5.75 Å². The predicted octanol–water partition coefficient (Wildman–Crippen LogP) is 7.08. The van der Waals surface area contributed by atoms with Crippen molar-refractivity contribution in [1.29, 1.82) is 0 Å². The molecule has 1 fully saturated rings. The third-order valence-corrected chi connectivity index (χ3v) is 12.8. The van der Waals surface area contributed by atoms with Gasteiger partial charge in [0.2, 0.25) is 0 Å². The summed E-state index contributed by atoms with van der Waals surface area (Å²) in [7, 11) is -2.75. The minimum atomic E-state index is -2.18. The Hall–Kier alpha value is -3.04. The van der Waals surface area contributed by atoms with Crippen LogP contribution >= 0.6 is 0 Å². The largest absolute Gasteiger partial charge is 0.496 e. The smallest absolute Gasteiger partial charge is 0.338 e. The highest BCUT2D eigenvalue weighted by Gasteiger charge is 2.54. The highest BCUT2D eigenvalue weighted by molar-refractivity contribution is 6.85. The molecule has 7 heteroatoms. The molecule has 2 aromatic carbocycles. The quantitative estimate of drug-likeness (QED) is 0.290. The second-order valence-electron chi connectivity index (χ2n) is 13.0. The van der Waals surface area contributed by atoms with Gasteiger partial charge in [-0.3, -0.25) is 9.59 Å². The molecule has 3 aliphatic carbocycles. The first kappa shape index (κ1) is 27.5. The maximum Gasteiger partial charge on any atom is 0.338 e. The normalized spacial score (nSPS) is 23.2. The number of hydrogen-bond donors (Lipinski definition) is 0. The van der Waals surface area contributed by atoms with E-state index < -0.39 is 16.1 Å². The van der Waals surface area contributed by atoms with Gasteiger partial charge < -0.3 is 9.47 Å². The summed E-state index contributed by atoms with van der Waals surface area (Å²) in [6, 6.07) is 14.4. The Bertz CT molecular complexity index is 1420. The van der Waals surface area contributed by atoms with Crippen LogP contribution < -0.4 is 4.74 Å². The molecule has 0 amide bonds. The topological polar surface area (TPSA) is 69.7 Å². The zero-order chi connectivity index (χ0) is 28.3. The van der Waals surface area contributed by atoms with Gasteiger partial charge >= 0.3 is 5.97 Å². The second kappa shape index (κ2) is 9.86. The summed E-state index contributed by atoms with van der Waals surface area (Å²) in [5, 5.41) is 2.24. The van der Waals surface area contributed by atoms with Crippen molar-refractivity contribution >= 4 is 33.7 Å². The van der Waals surface area contributed by atoms with Crippen LogP contribution in [0.4, 0.5) is 0 Å². The van der Waals surface area contributed by atoms with Crippen LogP contribution in [-0.4, -0.2) is 46.9 Å². The molecule has 0 bridgehead atoms. The van der Waals surface area contributed by atoms with Crippen molar-refractivity contribution in [1.82, 2.24) is 0 Å². The number of carbonyl (C=O) groups excluding carboxylic acids is 3. The number of rotatable bonds is 5. The van der Waals surface area contributed by atoms with Crippen molar-refractivity contribution in [3.63, 3.8) is 0 Å². The monoisotopic (exact) mass is 558 g/mol. The molecule has 0 spiro atoms. The van der Waals surface area contributed by atoms with Crippen LogP contribution in [0.2, 0.25) is 39.3 Å². The molecule has 0 saturated heterocycles. The molecular formula is C32H38O5Si2. The fourth-order valence-electron chi connectivity index (χ4n) is 7.06. The molecule has 3 atom stereocenters. The lowest BCUT2D eigenvalue weighted by Gasteiger charge is -2.50. The Morgan fingerprint density at radius 3 is 2.05 bits per heavy atom. The van der Waals surface area contributed by atoms with Gasteiger partial charge in [0.15, 0.2) is 11.6 Å². The van der Waals surface area contributed by atoms with Gasteiger partial charge in [0.1, 0.15) is 11.9 Å².